The molecule has 0 amide bonds. The van der Waals surface area contributed by atoms with Gasteiger partial charge in [-0.1, -0.05) is 74.1 Å². The van der Waals surface area contributed by atoms with Gasteiger partial charge < -0.3 is 20.5 Å². The molecule has 0 radical (unpaired) electrons. The van der Waals surface area contributed by atoms with Crippen LogP contribution in [0.3, 0.4) is 0 Å². The third-order valence-corrected chi connectivity index (χ3v) is 5.17. The highest BCUT2D eigenvalue weighted by molar-refractivity contribution is 7.47. The summed E-state index contributed by atoms with van der Waals surface area (Å²) >= 11 is 0. The van der Waals surface area contributed by atoms with Crippen molar-refractivity contribution in [2.24, 2.45) is 5.73 Å². The zero-order chi connectivity index (χ0) is 25.3. The lowest BCUT2D eigenvalue weighted by Gasteiger charge is -2.17. The Morgan fingerprint density at radius 3 is 1.85 bits per heavy atom. The van der Waals surface area contributed by atoms with Crippen LogP contribution in [0.15, 0.2) is 60.8 Å². The number of carbonyl (C=O) groups is 1. The maximum Gasteiger partial charge on any atom is 0.472 e. The third kappa shape index (κ3) is 22.0. The predicted molar refractivity (Wildman–Crippen MR) is 136 cm³/mol. The molecule has 0 saturated heterocycles. The third-order valence-electron chi connectivity index (χ3n) is 4.19. The highest BCUT2D eigenvalue weighted by atomic mass is 31.2. The van der Waals surface area contributed by atoms with Gasteiger partial charge in [0.1, 0.15) is 6.10 Å². The number of allylic oxidation sites excluding steroid dienone is 10. The van der Waals surface area contributed by atoms with Crippen LogP contribution in [0.5, 0.6) is 0 Å². The Hall–Kier alpha value is -1.80. The number of carbonyl (C=O) groups excluding carboxylic acids is 1. The molecule has 4 N–H and O–H groups in total. The normalized spacial score (nSPS) is 15.3. The average Bonchev–Trinajstić information content (AvgIpc) is 2.82. The summed E-state index contributed by atoms with van der Waals surface area (Å²) in [4.78, 5) is 21.2. The number of rotatable bonds is 21. The lowest BCUT2D eigenvalue weighted by molar-refractivity contribution is -0.153. The zero-order valence-corrected chi connectivity index (χ0v) is 21.2. The first-order valence-corrected chi connectivity index (χ1v) is 13.3. The number of ether oxygens (including phenoxy) is 1. The molecule has 0 rings (SSSR count). The Morgan fingerprint density at radius 1 is 0.882 bits per heavy atom. The molecule has 0 bridgehead atoms. The van der Waals surface area contributed by atoms with Crippen molar-refractivity contribution < 1.29 is 33.1 Å². The van der Waals surface area contributed by atoms with E-state index in [0.29, 0.717) is 6.42 Å². The van der Waals surface area contributed by atoms with Crippen LogP contribution in [0.25, 0.3) is 0 Å². The summed E-state index contributed by atoms with van der Waals surface area (Å²) in [5, 5.41) is 9.25. The SMILES string of the molecule is CCC/C=C\C/C=C\C/C=C\C/C=C\C/C=C\CCC(=O)OC(CO)COP(=O)(O)OCCN. The van der Waals surface area contributed by atoms with Crippen LogP contribution in [-0.4, -0.2) is 48.4 Å². The van der Waals surface area contributed by atoms with Gasteiger partial charge in [0.2, 0.25) is 0 Å². The van der Waals surface area contributed by atoms with Gasteiger partial charge in [0.15, 0.2) is 0 Å². The number of esters is 1. The lowest BCUT2D eigenvalue weighted by Crippen LogP contribution is -2.27. The Morgan fingerprint density at radius 2 is 1.38 bits per heavy atom. The second-order valence-corrected chi connectivity index (χ2v) is 8.76. The molecule has 2 unspecified atom stereocenters. The summed E-state index contributed by atoms with van der Waals surface area (Å²) in [7, 11) is -4.28. The van der Waals surface area contributed by atoms with E-state index < -0.39 is 33.1 Å². The van der Waals surface area contributed by atoms with Crippen molar-refractivity contribution in [1.82, 2.24) is 0 Å². The van der Waals surface area contributed by atoms with Crippen molar-refractivity contribution in [3.05, 3.63) is 60.8 Å². The quantitative estimate of drug-likeness (QED) is 0.116. The lowest BCUT2D eigenvalue weighted by atomic mass is 10.2. The number of unbranched alkanes of at least 4 members (excludes halogenated alkanes) is 1. The number of aliphatic hydroxyl groups is 1. The van der Waals surface area contributed by atoms with Crippen LogP contribution in [0.4, 0.5) is 0 Å². The second kappa shape index (κ2) is 23.0. The monoisotopic (exact) mass is 499 g/mol. The molecule has 0 fully saturated rings. The average molecular weight is 500 g/mol. The Balaban J connectivity index is 3.88. The Kier molecular flexibility index (Phi) is 21.8. The van der Waals surface area contributed by atoms with E-state index in [9.17, 15) is 19.4 Å². The minimum Gasteiger partial charge on any atom is -0.457 e. The number of phosphoric acid groups is 1. The van der Waals surface area contributed by atoms with Crippen LogP contribution < -0.4 is 5.73 Å². The molecule has 2 atom stereocenters. The van der Waals surface area contributed by atoms with E-state index in [0.717, 1.165) is 32.1 Å². The fourth-order valence-corrected chi connectivity index (χ4v) is 3.20. The fourth-order valence-electron chi connectivity index (χ4n) is 2.44. The zero-order valence-electron chi connectivity index (χ0n) is 20.3. The first-order chi connectivity index (χ1) is 16.4. The van der Waals surface area contributed by atoms with Crippen LogP contribution in [-0.2, 0) is 23.1 Å². The number of hydrogen-bond donors (Lipinski definition) is 3. The maximum atomic E-state index is 11.8. The van der Waals surface area contributed by atoms with Crippen LogP contribution in [0.2, 0.25) is 0 Å². The minimum absolute atomic E-state index is 0.0577. The smallest absolute Gasteiger partial charge is 0.457 e. The fraction of sp³-hybridized carbons (Fsp3) is 0.560. The summed E-state index contributed by atoms with van der Waals surface area (Å²) in [6.07, 6.45) is 26.5. The Labute approximate surface area is 204 Å². The number of phosphoric ester groups is 1. The van der Waals surface area contributed by atoms with E-state index in [-0.39, 0.29) is 19.6 Å². The highest BCUT2D eigenvalue weighted by Gasteiger charge is 2.24. The highest BCUT2D eigenvalue weighted by Crippen LogP contribution is 2.42. The van der Waals surface area contributed by atoms with Crippen molar-refractivity contribution in [2.45, 2.75) is 64.4 Å². The summed E-state index contributed by atoms with van der Waals surface area (Å²) in [6, 6.07) is 0. The molecule has 0 aromatic carbocycles. The van der Waals surface area contributed by atoms with Crippen molar-refractivity contribution in [1.29, 1.82) is 0 Å². The van der Waals surface area contributed by atoms with Crippen molar-refractivity contribution in [3.8, 4) is 0 Å². The molecule has 0 aliphatic carbocycles. The summed E-state index contributed by atoms with van der Waals surface area (Å²) < 4.78 is 25.8. The molecule has 34 heavy (non-hydrogen) atoms. The van der Waals surface area contributed by atoms with E-state index >= 15 is 0 Å². The van der Waals surface area contributed by atoms with Gasteiger partial charge in [0.05, 0.1) is 19.8 Å². The molecule has 0 spiro atoms. The number of hydrogen-bond acceptors (Lipinski definition) is 7. The first kappa shape index (κ1) is 32.2. The molecule has 9 heteroatoms. The van der Waals surface area contributed by atoms with E-state index in [1.165, 1.54) is 6.42 Å². The van der Waals surface area contributed by atoms with E-state index in [1.54, 1.807) is 0 Å². The largest absolute Gasteiger partial charge is 0.472 e. The van der Waals surface area contributed by atoms with E-state index in [2.05, 4.69) is 64.6 Å². The molecule has 8 nitrogen and oxygen atoms in total. The van der Waals surface area contributed by atoms with E-state index in [1.807, 2.05) is 12.2 Å². The minimum atomic E-state index is -4.28. The van der Waals surface area contributed by atoms with Crippen molar-refractivity contribution in [3.63, 3.8) is 0 Å². The van der Waals surface area contributed by atoms with E-state index in [4.69, 9.17) is 10.5 Å². The molecule has 0 saturated carbocycles. The summed E-state index contributed by atoms with van der Waals surface area (Å²) in [6.45, 7) is 1.09. The molecule has 0 aliphatic heterocycles. The van der Waals surface area contributed by atoms with Crippen molar-refractivity contribution in [2.75, 3.05) is 26.4 Å². The van der Waals surface area contributed by atoms with Gasteiger partial charge in [-0.25, -0.2) is 4.57 Å². The molecule has 0 aliphatic rings. The molecule has 0 aromatic heterocycles. The van der Waals surface area contributed by atoms with Gasteiger partial charge in [0.25, 0.3) is 0 Å². The first-order valence-electron chi connectivity index (χ1n) is 11.8. The second-order valence-electron chi connectivity index (χ2n) is 7.31. The summed E-state index contributed by atoms with van der Waals surface area (Å²) in [5.41, 5.74) is 5.18. The maximum absolute atomic E-state index is 11.8. The van der Waals surface area contributed by atoms with Crippen LogP contribution >= 0.6 is 7.82 Å². The number of nitrogens with two attached hydrogens (primary N) is 1. The van der Waals surface area contributed by atoms with Gasteiger partial charge in [-0.3, -0.25) is 13.8 Å². The van der Waals surface area contributed by atoms with Gasteiger partial charge in [-0.15, -0.1) is 0 Å². The topological polar surface area (TPSA) is 128 Å². The van der Waals surface area contributed by atoms with Gasteiger partial charge in [0, 0.05) is 13.0 Å². The van der Waals surface area contributed by atoms with Gasteiger partial charge in [-0.2, -0.15) is 0 Å². The number of aliphatic hydroxyl groups excluding tert-OH is 1. The molecule has 194 valence electrons. The van der Waals surface area contributed by atoms with Gasteiger partial charge >= 0.3 is 13.8 Å². The van der Waals surface area contributed by atoms with Crippen molar-refractivity contribution >= 4 is 13.8 Å². The molecular formula is C25H42NO7P. The molecular weight excluding hydrogens is 457 g/mol. The summed E-state index contributed by atoms with van der Waals surface area (Å²) in [5.74, 6) is -0.533. The van der Waals surface area contributed by atoms with Crippen LogP contribution in [0.1, 0.15) is 58.3 Å². The van der Waals surface area contributed by atoms with Gasteiger partial charge in [-0.05, 0) is 38.5 Å². The van der Waals surface area contributed by atoms with Crippen LogP contribution in [0, 0.1) is 0 Å². The Bertz CT molecular complexity index is 701. The predicted octanol–water partition coefficient (Wildman–Crippen LogP) is 4.90. The molecule has 0 heterocycles. The molecule has 0 aromatic rings. The standard InChI is InChI=1S/C25H42NO7P/c1-2-3-4-5-6-7-8-9-10-11-12-13-14-15-16-17-18-19-25(28)33-24(22-27)23-32-34(29,30)31-21-20-26/h4-5,7-8,10-11,13-14,16-17,24,27H,2-3,6,9,12,15,18-23,26H2,1H3,(H,29,30)/b5-4-,8-7-,11-10-,14-13-,17-16-.